The minimum absolute atomic E-state index is 0.0826. The molecule has 0 radical (unpaired) electrons. The van der Waals surface area contributed by atoms with Gasteiger partial charge in [-0.1, -0.05) is 30.3 Å². The molecule has 25 heavy (non-hydrogen) atoms. The van der Waals surface area contributed by atoms with Crippen LogP contribution in [0.25, 0.3) is 5.52 Å². The Morgan fingerprint density at radius 1 is 1.28 bits per heavy atom. The number of methoxy groups -OCH3 is 2. The molecule has 1 aromatic carbocycles. The van der Waals surface area contributed by atoms with Crippen molar-refractivity contribution >= 4 is 17.3 Å². The molecule has 1 N–H and O–H groups in total. The zero-order valence-electron chi connectivity index (χ0n) is 14.4. The molecule has 0 spiro atoms. The standard InChI is InChI=1S/C18H20N4O3/c1-12-14(18(23)25-3)9-22-16(12)17(19-11-20-22)21-15(10-24-2)13-7-5-4-6-8-13/h4-9,11,15H,10H2,1-3H3,(H,19,20,21)/t15-/m1/s1. The van der Waals surface area contributed by atoms with Crippen LogP contribution in [-0.4, -0.2) is 41.4 Å². The summed E-state index contributed by atoms with van der Waals surface area (Å²) in [6, 6.07) is 9.90. The molecule has 3 rings (SSSR count). The van der Waals surface area contributed by atoms with Crippen LogP contribution in [-0.2, 0) is 9.47 Å². The molecule has 130 valence electrons. The molecule has 0 saturated carbocycles. The van der Waals surface area contributed by atoms with Crippen molar-refractivity contribution in [1.29, 1.82) is 0 Å². The van der Waals surface area contributed by atoms with Crippen molar-refractivity contribution in [1.82, 2.24) is 14.6 Å². The SMILES string of the molecule is COC[C@@H](Nc1ncnn2cc(C(=O)OC)c(C)c12)c1ccccc1. The molecule has 0 unspecified atom stereocenters. The molecule has 0 saturated heterocycles. The highest BCUT2D eigenvalue weighted by Gasteiger charge is 2.20. The van der Waals surface area contributed by atoms with Crippen molar-refractivity contribution < 1.29 is 14.3 Å². The first-order valence-corrected chi connectivity index (χ1v) is 7.87. The molecule has 7 heteroatoms. The fraction of sp³-hybridized carbons (Fsp3) is 0.278. The lowest BCUT2D eigenvalue weighted by molar-refractivity contribution is 0.0600. The van der Waals surface area contributed by atoms with Gasteiger partial charge in [0.2, 0.25) is 0 Å². The third-order valence-electron chi connectivity index (χ3n) is 4.08. The number of carbonyl (C=O) groups is 1. The van der Waals surface area contributed by atoms with Gasteiger partial charge >= 0.3 is 5.97 Å². The number of fused-ring (bicyclic) bond motifs is 1. The minimum Gasteiger partial charge on any atom is -0.465 e. The summed E-state index contributed by atoms with van der Waals surface area (Å²) in [5.74, 6) is 0.235. The van der Waals surface area contributed by atoms with Gasteiger partial charge < -0.3 is 14.8 Å². The molecule has 0 aliphatic heterocycles. The Kier molecular flexibility index (Phi) is 4.95. The zero-order chi connectivity index (χ0) is 17.8. The molecule has 0 fully saturated rings. The molecule has 0 bridgehead atoms. The zero-order valence-corrected chi connectivity index (χ0v) is 14.4. The number of nitrogens with one attached hydrogen (secondary N) is 1. The molecule has 0 amide bonds. The predicted octanol–water partition coefficient (Wildman–Crippen LogP) is 2.62. The largest absolute Gasteiger partial charge is 0.465 e. The van der Waals surface area contributed by atoms with E-state index in [4.69, 9.17) is 9.47 Å². The summed E-state index contributed by atoms with van der Waals surface area (Å²) in [7, 11) is 3.02. The fourth-order valence-electron chi connectivity index (χ4n) is 2.82. The highest BCUT2D eigenvalue weighted by molar-refractivity contribution is 5.95. The first-order chi connectivity index (χ1) is 12.2. The normalized spacial score (nSPS) is 12.1. The fourth-order valence-corrected chi connectivity index (χ4v) is 2.82. The Bertz CT molecular complexity index is 877. The Morgan fingerprint density at radius 2 is 2.04 bits per heavy atom. The van der Waals surface area contributed by atoms with Crippen LogP contribution < -0.4 is 5.32 Å². The summed E-state index contributed by atoms with van der Waals surface area (Å²) in [5, 5.41) is 7.59. The molecule has 0 aliphatic rings. The van der Waals surface area contributed by atoms with Gasteiger partial charge in [-0.3, -0.25) is 0 Å². The third kappa shape index (κ3) is 3.32. The first kappa shape index (κ1) is 16.9. The van der Waals surface area contributed by atoms with Gasteiger partial charge in [0, 0.05) is 13.3 Å². The Labute approximate surface area is 145 Å². The van der Waals surface area contributed by atoms with Crippen molar-refractivity contribution in [3.8, 4) is 0 Å². The van der Waals surface area contributed by atoms with Crippen LogP contribution in [0.5, 0.6) is 0 Å². The maximum Gasteiger partial charge on any atom is 0.339 e. The molecule has 7 nitrogen and oxygen atoms in total. The smallest absolute Gasteiger partial charge is 0.339 e. The Balaban J connectivity index is 2.03. The van der Waals surface area contributed by atoms with Crippen molar-refractivity contribution in [3.63, 3.8) is 0 Å². The number of anilines is 1. The highest BCUT2D eigenvalue weighted by atomic mass is 16.5. The number of hydrogen-bond acceptors (Lipinski definition) is 6. The summed E-state index contributed by atoms with van der Waals surface area (Å²) in [6.07, 6.45) is 3.10. The number of aryl methyl sites for hydroxylation is 1. The number of rotatable bonds is 6. The van der Waals surface area contributed by atoms with Crippen LogP contribution in [0.1, 0.15) is 27.5 Å². The molecular formula is C18H20N4O3. The van der Waals surface area contributed by atoms with Gasteiger partial charge in [-0.2, -0.15) is 5.10 Å². The van der Waals surface area contributed by atoms with E-state index in [2.05, 4.69) is 15.4 Å². The van der Waals surface area contributed by atoms with E-state index < -0.39 is 5.97 Å². The van der Waals surface area contributed by atoms with E-state index in [1.807, 2.05) is 37.3 Å². The second-order valence-corrected chi connectivity index (χ2v) is 5.62. The van der Waals surface area contributed by atoms with E-state index in [9.17, 15) is 4.79 Å². The van der Waals surface area contributed by atoms with Gasteiger partial charge in [-0.05, 0) is 18.1 Å². The summed E-state index contributed by atoms with van der Waals surface area (Å²) >= 11 is 0. The van der Waals surface area contributed by atoms with E-state index in [1.54, 1.807) is 17.8 Å². The van der Waals surface area contributed by atoms with Gasteiger partial charge in [-0.15, -0.1) is 0 Å². The predicted molar refractivity (Wildman–Crippen MR) is 93.7 cm³/mol. The van der Waals surface area contributed by atoms with Gasteiger partial charge in [0.1, 0.15) is 11.8 Å². The summed E-state index contributed by atoms with van der Waals surface area (Å²) in [6.45, 7) is 2.33. The maximum absolute atomic E-state index is 11.9. The second-order valence-electron chi connectivity index (χ2n) is 5.62. The number of benzene rings is 1. The van der Waals surface area contributed by atoms with E-state index in [0.29, 0.717) is 18.0 Å². The molecular weight excluding hydrogens is 320 g/mol. The van der Waals surface area contributed by atoms with Gasteiger partial charge in [0.15, 0.2) is 5.82 Å². The van der Waals surface area contributed by atoms with Crippen molar-refractivity contribution in [2.45, 2.75) is 13.0 Å². The van der Waals surface area contributed by atoms with Crippen LogP contribution in [0.2, 0.25) is 0 Å². The van der Waals surface area contributed by atoms with Crippen LogP contribution >= 0.6 is 0 Å². The highest BCUT2D eigenvalue weighted by Crippen LogP contribution is 2.26. The number of ether oxygens (including phenoxy) is 2. The maximum atomic E-state index is 11.9. The number of nitrogens with zero attached hydrogens (tertiary/aromatic N) is 3. The molecule has 3 aromatic rings. The molecule has 1 atom stereocenters. The van der Waals surface area contributed by atoms with Crippen LogP contribution in [0.4, 0.5) is 5.82 Å². The number of aromatic nitrogens is 3. The number of esters is 1. The number of hydrogen-bond donors (Lipinski definition) is 1. The first-order valence-electron chi connectivity index (χ1n) is 7.87. The lowest BCUT2D eigenvalue weighted by atomic mass is 10.1. The van der Waals surface area contributed by atoms with Crippen molar-refractivity contribution in [2.24, 2.45) is 0 Å². The average molecular weight is 340 g/mol. The van der Waals surface area contributed by atoms with Gasteiger partial charge in [0.25, 0.3) is 0 Å². The van der Waals surface area contributed by atoms with Crippen molar-refractivity contribution in [2.75, 3.05) is 26.1 Å². The average Bonchev–Trinajstić information content (AvgIpc) is 2.99. The van der Waals surface area contributed by atoms with Crippen LogP contribution in [0.15, 0.2) is 42.9 Å². The minimum atomic E-state index is -0.398. The quantitative estimate of drug-likeness (QED) is 0.695. The molecule has 2 heterocycles. The summed E-state index contributed by atoms with van der Waals surface area (Å²) in [5.41, 5.74) is 3.05. The molecule has 0 aliphatic carbocycles. The summed E-state index contributed by atoms with van der Waals surface area (Å²) in [4.78, 5) is 16.3. The Morgan fingerprint density at radius 3 is 2.72 bits per heavy atom. The Hall–Kier alpha value is -2.93. The van der Waals surface area contributed by atoms with E-state index in [0.717, 1.165) is 16.6 Å². The second kappa shape index (κ2) is 7.31. The molecule has 2 aromatic heterocycles. The van der Waals surface area contributed by atoms with E-state index >= 15 is 0 Å². The third-order valence-corrected chi connectivity index (χ3v) is 4.08. The van der Waals surface area contributed by atoms with Crippen molar-refractivity contribution in [3.05, 3.63) is 59.5 Å². The van der Waals surface area contributed by atoms with Crippen LogP contribution in [0.3, 0.4) is 0 Å². The lowest BCUT2D eigenvalue weighted by Gasteiger charge is -2.19. The van der Waals surface area contributed by atoms with E-state index in [-0.39, 0.29) is 6.04 Å². The van der Waals surface area contributed by atoms with E-state index in [1.165, 1.54) is 13.4 Å². The number of carbonyl (C=O) groups excluding carboxylic acids is 1. The van der Waals surface area contributed by atoms with Gasteiger partial charge in [-0.25, -0.2) is 14.3 Å². The van der Waals surface area contributed by atoms with Crippen LogP contribution in [0, 0.1) is 6.92 Å². The van der Waals surface area contributed by atoms with Gasteiger partial charge in [0.05, 0.1) is 25.3 Å². The lowest BCUT2D eigenvalue weighted by Crippen LogP contribution is -2.17. The summed E-state index contributed by atoms with van der Waals surface area (Å²) < 4.78 is 11.8. The topological polar surface area (TPSA) is 77.8 Å². The monoisotopic (exact) mass is 340 g/mol.